The van der Waals surface area contributed by atoms with Gasteiger partial charge >= 0.3 is 17.1 Å². The monoisotopic (exact) mass is 234 g/mol. The maximum Gasteiger partial charge on any atom is 1.00 e. The van der Waals surface area contributed by atoms with Crippen molar-refractivity contribution in [1.82, 2.24) is 0 Å². The van der Waals surface area contributed by atoms with E-state index in [-0.39, 0.29) is 23.7 Å². The van der Waals surface area contributed by atoms with Gasteiger partial charge in [-0.05, 0) is 6.42 Å². The fourth-order valence-electron chi connectivity index (χ4n) is 0.185. The molecule has 0 saturated carbocycles. The molecule has 0 heterocycles. The summed E-state index contributed by atoms with van der Waals surface area (Å²) in [5, 5.41) is 7.00. The molecule has 74 valence electrons. The van der Waals surface area contributed by atoms with E-state index in [9.17, 15) is 13.0 Å². The molecule has 0 unspecified atom stereocenters. The Morgan fingerprint density at radius 2 is 1.82 bits per heavy atom. The number of aliphatic hydroxyl groups excluding tert-OH is 1. The van der Waals surface area contributed by atoms with E-state index in [0.29, 0.717) is 6.42 Å². The predicted octanol–water partition coefficient (Wildman–Crippen LogP) is -0.521. The van der Waals surface area contributed by atoms with Gasteiger partial charge in [0, 0.05) is 7.11 Å². The van der Waals surface area contributed by atoms with Gasteiger partial charge in [-0.25, -0.2) is 8.42 Å². The predicted molar refractivity (Wildman–Crippen MR) is 34.1 cm³/mol. The van der Waals surface area contributed by atoms with Crippen LogP contribution in [0.25, 0.3) is 0 Å². The van der Waals surface area contributed by atoms with Gasteiger partial charge in [-0.2, -0.15) is 0 Å². The number of rotatable bonds is 3. The van der Waals surface area contributed by atoms with Crippen molar-refractivity contribution < 1.29 is 39.3 Å². The number of hydrogen-bond donors (Lipinski definition) is 1. The molecule has 0 aromatic rings. The van der Waals surface area contributed by atoms with Crippen LogP contribution in [0.15, 0.2) is 0 Å². The van der Waals surface area contributed by atoms with Gasteiger partial charge < -0.3 is 9.66 Å². The Bertz CT molecular complexity index is 143. The maximum absolute atomic E-state index is 9.61. The molecule has 0 bridgehead atoms. The molecule has 0 spiro atoms. The summed E-state index contributed by atoms with van der Waals surface area (Å²) in [5.74, 6) is 0. The minimum Gasteiger partial charge on any atom is -0.726 e. The third-order valence-electron chi connectivity index (χ3n) is 0.432. The number of hydrogen-bond acceptors (Lipinski definition) is 5. The first-order valence-corrected chi connectivity index (χ1v) is 3.94. The average molecular weight is 235 g/mol. The van der Waals surface area contributed by atoms with E-state index in [1.165, 1.54) is 0 Å². The molecule has 0 aliphatic heterocycles. The van der Waals surface area contributed by atoms with E-state index < -0.39 is 10.4 Å². The van der Waals surface area contributed by atoms with Crippen LogP contribution in [0.2, 0.25) is 0 Å². The van der Waals surface area contributed by atoms with Crippen molar-refractivity contribution in [2.75, 3.05) is 13.7 Å². The molecule has 7 heteroatoms. The van der Waals surface area contributed by atoms with E-state index in [1.54, 1.807) is 6.92 Å². The van der Waals surface area contributed by atoms with Crippen LogP contribution < -0.4 is 0 Å². The summed E-state index contributed by atoms with van der Waals surface area (Å²) in [6.07, 6.45) is 0.529. The van der Waals surface area contributed by atoms with E-state index in [0.717, 1.165) is 7.11 Å². The third-order valence-corrected chi connectivity index (χ3v) is 0.887. The molecule has 0 rings (SSSR count). The van der Waals surface area contributed by atoms with Gasteiger partial charge in [0.15, 0.2) is 0 Å². The Balaban J connectivity index is -0.000000196. The summed E-state index contributed by atoms with van der Waals surface area (Å²) in [7, 11) is -3.44. The Labute approximate surface area is 77.2 Å². The first-order valence-electron chi connectivity index (χ1n) is 2.61. The van der Waals surface area contributed by atoms with Crippen LogP contribution in [-0.4, -0.2) is 31.8 Å². The molecule has 0 fully saturated rings. The van der Waals surface area contributed by atoms with E-state index in [2.05, 4.69) is 4.18 Å². The fraction of sp³-hybridized carbons (Fsp3) is 1.00. The summed E-state index contributed by atoms with van der Waals surface area (Å²) < 4.78 is 32.6. The van der Waals surface area contributed by atoms with Crippen molar-refractivity contribution in [3.05, 3.63) is 0 Å². The summed E-state index contributed by atoms with van der Waals surface area (Å²) >= 11 is 0. The Morgan fingerprint density at radius 1 is 1.45 bits per heavy atom. The molecule has 0 saturated heterocycles. The van der Waals surface area contributed by atoms with Crippen LogP contribution in [0.1, 0.15) is 13.3 Å². The van der Waals surface area contributed by atoms with Crippen molar-refractivity contribution in [2.24, 2.45) is 0 Å². The topological polar surface area (TPSA) is 86.7 Å². The van der Waals surface area contributed by atoms with Crippen molar-refractivity contribution >= 4 is 10.4 Å². The molecule has 0 radical (unpaired) electrons. The summed E-state index contributed by atoms with van der Waals surface area (Å²) in [4.78, 5) is 0. The van der Waals surface area contributed by atoms with Gasteiger partial charge in [0.25, 0.3) is 0 Å². The fourth-order valence-corrected chi connectivity index (χ4v) is 0.556. The van der Waals surface area contributed by atoms with Gasteiger partial charge in [-0.1, -0.05) is 6.92 Å². The molecule has 0 atom stereocenters. The van der Waals surface area contributed by atoms with Crippen LogP contribution in [0.3, 0.4) is 0 Å². The molecule has 11 heavy (non-hydrogen) atoms. The first kappa shape index (κ1) is 17.4. The summed E-state index contributed by atoms with van der Waals surface area (Å²) in [6.45, 7) is 1.69. The largest absolute Gasteiger partial charge is 1.00 e. The van der Waals surface area contributed by atoms with Crippen molar-refractivity contribution in [2.45, 2.75) is 13.3 Å². The van der Waals surface area contributed by atoms with Crippen LogP contribution in [0.5, 0.6) is 0 Å². The van der Waals surface area contributed by atoms with Crippen molar-refractivity contribution in [1.29, 1.82) is 0 Å². The smallest absolute Gasteiger partial charge is 0.726 e. The second-order valence-corrected chi connectivity index (χ2v) is 2.28. The molecule has 0 aromatic carbocycles. The molecule has 0 amide bonds. The maximum atomic E-state index is 9.61. The zero-order chi connectivity index (χ0) is 8.62. The van der Waals surface area contributed by atoms with Gasteiger partial charge in [0.1, 0.15) is 0 Å². The van der Waals surface area contributed by atoms with Gasteiger partial charge in [0.05, 0.1) is 6.61 Å². The molecule has 5 nitrogen and oxygen atoms in total. The van der Waals surface area contributed by atoms with Gasteiger partial charge in [-0.3, -0.25) is 4.18 Å². The van der Waals surface area contributed by atoms with E-state index in [4.69, 9.17) is 5.11 Å². The Morgan fingerprint density at radius 3 is 1.91 bits per heavy atom. The third kappa shape index (κ3) is 25.2. The van der Waals surface area contributed by atoms with Crippen LogP contribution in [0, 0.1) is 0 Å². The quantitative estimate of drug-likeness (QED) is 0.403. The van der Waals surface area contributed by atoms with Crippen molar-refractivity contribution in [3.8, 4) is 0 Å². The van der Waals surface area contributed by atoms with Gasteiger partial charge in [-0.15, -0.1) is 0 Å². The molecule has 0 aromatic heterocycles. The number of aliphatic hydroxyl groups is 1. The van der Waals surface area contributed by atoms with Crippen LogP contribution >= 0.6 is 0 Å². The minimum atomic E-state index is -4.44. The normalized spacial score (nSPS) is 9.09. The minimum absolute atomic E-state index is 0. The van der Waals surface area contributed by atoms with Crippen LogP contribution in [0.4, 0.5) is 0 Å². The molecular formula is C4H11CuO5S. The van der Waals surface area contributed by atoms with Crippen molar-refractivity contribution in [3.63, 3.8) is 0 Å². The van der Waals surface area contributed by atoms with E-state index >= 15 is 0 Å². The Kier molecular flexibility index (Phi) is 16.4. The summed E-state index contributed by atoms with van der Waals surface area (Å²) in [5.41, 5.74) is 0. The average Bonchev–Trinajstić information content (AvgIpc) is 1.87. The molecule has 0 aliphatic rings. The zero-order valence-electron chi connectivity index (χ0n) is 6.20. The van der Waals surface area contributed by atoms with Crippen LogP contribution in [-0.2, 0) is 31.7 Å². The SMILES string of the molecule is CCCOS(=O)(=O)[O-].CO.[Cu+]. The van der Waals surface area contributed by atoms with Gasteiger partial charge in [0.2, 0.25) is 10.4 Å². The second kappa shape index (κ2) is 10.3. The molecule has 1 N–H and O–H groups in total. The Hall–Kier alpha value is 0.349. The first-order chi connectivity index (χ1) is 4.56. The molecular weight excluding hydrogens is 224 g/mol. The zero-order valence-corrected chi connectivity index (χ0v) is 7.96. The van der Waals surface area contributed by atoms with E-state index in [1.807, 2.05) is 0 Å². The standard InChI is InChI=1S/C3H8O4S.CH4O.Cu/c1-2-3-7-8(4,5)6;1-2;/h2-3H2,1H3,(H,4,5,6);2H,1H3;/q;;+1/p-1. The summed E-state index contributed by atoms with van der Waals surface area (Å²) in [6, 6.07) is 0. The molecule has 0 aliphatic carbocycles. The second-order valence-electron chi connectivity index (χ2n) is 1.23.